The predicted molar refractivity (Wildman–Crippen MR) is 132 cm³/mol. The Bertz CT molecular complexity index is 1410. The third kappa shape index (κ3) is 5.18. The average molecular weight is 519 g/mol. The number of hydrogen-bond acceptors (Lipinski definition) is 2. The highest BCUT2D eigenvalue weighted by molar-refractivity contribution is 6.31. The third-order valence-electron chi connectivity index (χ3n) is 5.95. The number of amides is 1. The number of hydrogen-bond donors (Lipinski definition) is 0. The van der Waals surface area contributed by atoms with Crippen LogP contribution in [0.3, 0.4) is 0 Å². The second-order valence-electron chi connectivity index (χ2n) is 8.18. The molecule has 0 bridgehead atoms. The molecule has 0 radical (unpaired) electrons. The summed E-state index contributed by atoms with van der Waals surface area (Å²) >= 11 is 6.04. The molecule has 1 amide bonds. The molecule has 0 aliphatic carbocycles. The van der Waals surface area contributed by atoms with E-state index >= 15 is 0 Å². The molecular weight excluding hydrogens is 496 g/mol. The Labute approximate surface area is 210 Å². The minimum absolute atomic E-state index is 0.0890. The van der Waals surface area contributed by atoms with Crippen molar-refractivity contribution in [3.8, 4) is 16.9 Å². The Morgan fingerprint density at radius 2 is 1.78 bits per heavy atom. The third-order valence-corrected chi connectivity index (χ3v) is 6.24. The highest BCUT2D eigenvalue weighted by Crippen LogP contribution is 2.39. The maximum atomic E-state index is 13.9. The van der Waals surface area contributed by atoms with Crippen molar-refractivity contribution in [2.75, 3.05) is 13.1 Å². The fourth-order valence-electron chi connectivity index (χ4n) is 4.11. The van der Waals surface area contributed by atoms with E-state index < -0.39 is 23.7 Å². The van der Waals surface area contributed by atoms with E-state index in [4.69, 9.17) is 16.3 Å². The average Bonchev–Trinajstić information content (AvgIpc) is 3.24. The molecule has 0 atom stereocenters. The second-order valence-corrected chi connectivity index (χ2v) is 8.59. The fraction of sp³-hybridized carbons (Fsp3) is 0.222. The summed E-state index contributed by atoms with van der Waals surface area (Å²) in [5.41, 5.74) is 1.52. The quantitative estimate of drug-likeness (QED) is 0.242. The van der Waals surface area contributed by atoms with Crippen LogP contribution in [-0.2, 0) is 12.7 Å². The second kappa shape index (κ2) is 10.2. The molecule has 0 saturated heterocycles. The Kier molecular flexibility index (Phi) is 7.26. The van der Waals surface area contributed by atoms with Gasteiger partial charge in [0.25, 0.3) is 0 Å². The molecule has 0 aliphatic rings. The molecule has 1 heterocycles. The molecule has 0 saturated carbocycles. The number of carbonyl (C=O) groups excluding carboxylic acids is 1. The number of rotatable bonds is 6. The summed E-state index contributed by atoms with van der Waals surface area (Å²) in [5.74, 6) is -0.324. The zero-order valence-electron chi connectivity index (χ0n) is 19.6. The van der Waals surface area contributed by atoms with Crippen molar-refractivity contribution in [1.82, 2.24) is 9.47 Å². The lowest BCUT2D eigenvalue weighted by molar-refractivity contribution is -0.137. The Balaban J connectivity index is 1.81. The number of aromatic nitrogens is 1. The summed E-state index contributed by atoms with van der Waals surface area (Å²) in [4.78, 5) is 14.2. The van der Waals surface area contributed by atoms with Crippen LogP contribution < -0.4 is 4.74 Å². The summed E-state index contributed by atoms with van der Waals surface area (Å²) in [5, 5.41) is 0.586. The number of halogens is 5. The molecular formula is C27H23ClF4N2O2. The fourth-order valence-corrected chi connectivity index (χ4v) is 4.29. The van der Waals surface area contributed by atoms with Gasteiger partial charge in [-0.15, -0.1) is 0 Å². The summed E-state index contributed by atoms with van der Waals surface area (Å²) in [6, 6.07) is 14.5. The van der Waals surface area contributed by atoms with Gasteiger partial charge in [0.05, 0.1) is 10.6 Å². The van der Waals surface area contributed by atoms with Crippen LogP contribution in [0.1, 0.15) is 25.0 Å². The molecule has 9 heteroatoms. The van der Waals surface area contributed by atoms with Gasteiger partial charge in [-0.2, -0.15) is 13.2 Å². The zero-order valence-corrected chi connectivity index (χ0v) is 20.3. The van der Waals surface area contributed by atoms with Crippen LogP contribution in [0.25, 0.3) is 22.0 Å². The largest absolute Gasteiger partial charge is 0.416 e. The first-order chi connectivity index (χ1) is 17.1. The van der Waals surface area contributed by atoms with E-state index in [1.165, 1.54) is 29.2 Å². The van der Waals surface area contributed by atoms with Crippen LogP contribution in [0.5, 0.6) is 5.75 Å². The summed E-state index contributed by atoms with van der Waals surface area (Å²) in [7, 11) is 0. The SMILES string of the molecule is CCN(CC)C(=O)Oc1ccc2c(ccn2Cc2cccc(C(F)(F)F)c2)c1-c1ccc(F)c(Cl)c1. The van der Waals surface area contributed by atoms with E-state index in [9.17, 15) is 22.4 Å². The van der Waals surface area contributed by atoms with Crippen LogP contribution in [0.15, 0.2) is 66.9 Å². The lowest BCUT2D eigenvalue weighted by Crippen LogP contribution is -2.33. The molecule has 3 aromatic carbocycles. The summed E-state index contributed by atoms with van der Waals surface area (Å²) in [6.07, 6.45) is -3.22. The van der Waals surface area contributed by atoms with Crippen LogP contribution in [0.4, 0.5) is 22.4 Å². The van der Waals surface area contributed by atoms with Gasteiger partial charge < -0.3 is 14.2 Å². The van der Waals surface area contributed by atoms with Crippen molar-refractivity contribution in [2.45, 2.75) is 26.6 Å². The molecule has 188 valence electrons. The first-order valence-corrected chi connectivity index (χ1v) is 11.7. The summed E-state index contributed by atoms with van der Waals surface area (Å²) in [6.45, 7) is 4.78. The number of nitrogens with zero attached hydrogens (tertiary/aromatic N) is 2. The van der Waals surface area contributed by atoms with Gasteiger partial charge in [-0.05, 0) is 67.4 Å². The zero-order chi connectivity index (χ0) is 26.0. The van der Waals surface area contributed by atoms with Crippen molar-refractivity contribution < 1.29 is 27.1 Å². The van der Waals surface area contributed by atoms with Crippen molar-refractivity contribution in [1.29, 1.82) is 0 Å². The molecule has 1 aromatic heterocycles. The predicted octanol–water partition coefficient (Wildman–Crippen LogP) is 8.01. The van der Waals surface area contributed by atoms with Gasteiger partial charge >= 0.3 is 12.3 Å². The van der Waals surface area contributed by atoms with E-state index in [1.54, 1.807) is 35.0 Å². The maximum absolute atomic E-state index is 13.9. The summed E-state index contributed by atoms with van der Waals surface area (Å²) < 4.78 is 60.9. The molecule has 0 fully saturated rings. The van der Waals surface area contributed by atoms with Gasteiger partial charge in [-0.1, -0.05) is 29.8 Å². The minimum atomic E-state index is -4.44. The number of benzene rings is 3. The number of alkyl halides is 3. The van der Waals surface area contributed by atoms with Crippen LogP contribution in [0, 0.1) is 5.82 Å². The normalized spacial score (nSPS) is 11.6. The van der Waals surface area contributed by atoms with Gasteiger partial charge in [-0.25, -0.2) is 9.18 Å². The standard InChI is InChI=1S/C27H23ClF4N2O2/c1-3-33(4-2)26(35)36-24-11-10-23-20(25(24)18-8-9-22(29)21(28)15-18)12-13-34(23)16-17-6-5-7-19(14-17)27(30,31)32/h5-15H,3-4,16H2,1-2H3. The van der Waals surface area contributed by atoms with Crippen molar-refractivity contribution in [2.24, 2.45) is 0 Å². The van der Waals surface area contributed by atoms with Crippen LogP contribution in [0.2, 0.25) is 5.02 Å². The molecule has 0 unspecified atom stereocenters. The van der Waals surface area contributed by atoms with Crippen LogP contribution in [-0.4, -0.2) is 28.6 Å². The topological polar surface area (TPSA) is 34.5 Å². The van der Waals surface area contributed by atoms with Gasteiger partial charge in [0.2, 0.25) is 0 Å². The van der Waals surface area contributed by atoms with Crippen molar-refractivity contribution in [3.63, 3.8) is 0 Å². The lowest BCUT2D eigenvalue weighted by Gasteiger charge is -2.20. The molecule has 0 aliphatic heterocycles. The smallest absolute Gasteiger partial charge is 0.410 e. The van der Waals surface area contributed by atoms with Crippen molar-refractivity contribution >= 4 is 28.6 Å². The van der Waals surface area contributed by atoms with E-state index in [0.717, 1.165) is 12.1 Å². The Morgan fingerprint density at radius 3 is 2.44 bits per heavy atom. The molecule has 0 spiro atoms. The molecule has 0 N–H and O–H groups in total. The van der Waals surface area contributed by atoms with Gasteiger partial charge in [0.15, 0.2) is 0 Å². The Hall–Kier alpha value is -3.52. The first kappa shape index (κ1) is 25.6. The lowest BCUT2D eigenvalue weighted by atomic mass is 10.0. The monoisotopic (exact) mass is 518 g/mol. The van der Waals surface area contributed by atoms with Crippen LogP contribution >= 0.6 is 11.6 Å². The van der Waals surface area contributed by atoms with E-state index in [-0.39, 0.29) is 17.3 Å². The van der Waals surface area contributed by atoms with Gasteiger partial charge in [-0.3, -0.25) is 0 Å². The Morgan fingerprint density at radius 1 is 1.03 bits per heavy atom. The van der Waals surface area contributed by atoms with E-state index in [2.05, 4.69) is 0 Å². The molecule has 4 nitrogen and oxygen atoms in total. The van der Waals surface area contributed by atoms with E-state index in [0.29, 0.717) is 40.7 Å². The number of ether oxygens (including phenoxy) is 1. The maximum Gasteiger partial charge on any atom is 0.416 e. The molecule has 4 aromatic rings. The highest BCUT2D eigenvalue weighted by atomic mass is 35.5. The van der Waals surface area contributed by atoms with Crippen molar-refractivity contribution in [3.05, 3.63) is 88.8 Å². The number of fused-ring (bicyclic) bond motifs is 1. The molecule has 4 rings (SSSR count). The highest BCUT2D eigenvalue weighted by Gasteiger charge is 2.30. The number of carbonyl (C=O) groups is 1. The van der Waals surface area contributed by atoms with Gasteiger partial charge in [0.1, 0.15) is 11.6 Å². The first-order valence-electron chi connectivity index (χ1n) is 11.3. The van der Waals surface area contributed by atoms with E-state index in [1.807, 2.05) is 13.8 Å². The molecule has 36 heavy (non-hydrogen) atoms. The minimum Gasteiger partial charge on any atom is -0.410 e. The van der Waals surface area contributed by atoms with Gasteiger partial charge in [0, 0.05) is 42.3 Å².